The van der Waals surface area contributed by atoms with Crippen molar-refractivity contribution >= 4 is 34.1 Å². The third kappa shape index (κ3) is 3.76. The van der Waals surface area contributed by atoms with Gasteiger partial charge in [-0.15, -0.1) is 0 Å². The number of benzene rings is 2. The zero-order chi connectivity index (χ0) is 18.2. The zero-order valence-electron chi connectivity index (χ0n) is 12.6. The summed E-state index contributed by atoms with van der Waals surface area (Å²) >= 11 is 5.85. The highest BCUT2D eigenvalue weighted by atomic mass is 35.5. The Hall–Kier alpha value is -2.54. The predicted molar refractivity (Wildman–Crippen MR) is 87.0 cm³/mol. The van der Waals surface area contributed by atoms with E-state index in [1.54, 1.807) is 16.8 Å². The van der Waals surface area contributed by atoms with Gasteiger partial charge in [-0.05, 0) is 42.5 Å². The highest BCUT2D eigenvalue weighted by Crippen LogP contribution is 2.33. The van der Waals surface area contributed by atoms with E-state index < -0.39 is 23.5 Å². The molecule has 0 unspecified atom stereocenters. The highest BCUT2D eigenvalue weighted by molar-refractivity contribution is 6.33. The summed E-state index contributed by atoms with van der Waals surface area (Å²) in [6.07, 6.45) is -2.94. The molecule has 25 heavy (non-hydrogen) atoms. The van der Waals surface area contributed by atoms with E-state index in [1.165, 1.54) is 18.2 Å². The first-order chi connectivity index (χ1) is 11.7. The third-order valence-corrected chi connectivity index (χ3v) is 3.94. The highest BCUT2D eigenvalue weighted by Gasteiger charge is 2.31. The van der Waals surface area contributed by atoms with Gasteiger partial charge >= 0.3 is 6.18 Å². The van der Waals surface area contributed by atoms with E-state index in [2.05, 4.69) is 5.32 Å². The van der Waals surface area contributed by atoms with Crippen molar-refractivity contribution in [3.63, 3.8) is 0 Å². The molecule has 0 radical (unpaired) electrons. The van der Waals surface area contributed by atoms with Crippen molar-refractivity contribution in [3.05, 3.63) is 65.1 Å². The number of hydrogen-bond acceptors (Lipinski definition) is 1. The molecule has 2 aromatic carbocycles. The van der Waals surface area contributed by atoms with Crippen LogP contribution in [-0.2, 0) is 17.5 Å². The summed E-state index contributed by atoms with van der Waals surface area (Å²) in [6, 6.07) is 8.45. The van der Waals surface area contributed by atoms with E-state index in [-0.39, 0.29) is 17.3 Å². The number of aromatic nitrogens is 1. The minimum Gasteiger partial charge on any atom is -0.338 e. The number of nitrogens with zero attached hydrogens (tertiary/aromatic N) is 1. The van der Waals surface area contributed by atoms with Gasteiger partial charge in [-0.25, -0.2) is 4.39 Å². The molecule has 0 saturated carbocycles. The van der Waals surface area contributed by atoms with Gasteiger partial charge in [0.25, 0.3) is 0 Å². The Kier molecular flexibility index (Phi) is 4.43. The average molecular weight is 371 g/mol. The van der Waals surface area contributed by atoms with Gasteiger partial charge in [0.2, 0.25) is 5.91 Å². The molecule has 130 valence electrons. The van der Waals surface area contributed by atoms with Crippen LogP contribution in [0.15, 0.2) is 48.7 Å². The molecule has 0 bridgehead atoms. The molecule has 0 aliphatic heterocycles. The van der Waals surface area contributed by atoms with E-state index in [4.69, 9.17) is 11.6 Å². The van der Waals surface area contributed by atoms with Crippen LogP contribution in [0.4, 0.5) is 23.2 Å². The van der Waals surface area contributed by atoms with Gasteiger partial charge in [0.05, 0.1) is 16.3 Å². The number of carbonyl (C=O) groups is 1. The number of carbonyl (C=O) groups excluding carboxylic acids is 1. The lowest BCUT2D eigenvalue weighted by atomic mass is 10.2. The number of nitrogens with one attached hydrogen (secondary N) is 1. The minimum atomic E-state index is -4.54. The van der Waals surface area contributed by atoms with Gasteiger partial charge in [-0.1, -0.05) is 11.6 Å². The second-order valence-electron chi connectivity index (χ2n) is 5.39. The second kappa shape index (κ2) is 6.40. The average Bonchev–Trinajstić information content (AvgIpc) is 2.90. The predicted octanol–water partition coefficient (Wildman–Crippen LogP) is 5.09. The lowest BCUT2D eigenvalue weighted by Crippen LogP contribution is -2.19. The van der Waals surface area contributed by atoms with Crippen LogP contribution < -0.4 is 5.32 Å². The number of hydrogen-bond donors (Lipinski definition) is 1. The summed E-state index contributed by atoms with van der Waals surface area (Å²) < 4.78 is 53.0. The number of alkyl halides is 3. The number of anilines is 1. The van der Waals surface area contributed by atoms with Gasteiger partial charge < -0.3 is 9.88 Å². The first kappa shape index (κ1) is 17.3. The summed E-state index contributed by atoms with van der Waals surface area (Å²) in [5.74, 6) is -0.950. The Morgan fingerprint density at radius 3 is 2.60 bits per heavy atom. The van der Waals surface area contributed by atoms with Crippen LogP contribution >= 0.6 is 11.6 Å². The maximum atomic E-state index is 13.2. The van der Waals surface area contributed by atoms with E-state index in [0.29, 0.717) is 10.9 Å². The van der Waals surface area contributed by atoms with Crippen LogP contribution in [0.2, 0.25) is 5.02 Å². The Morgan fingerprint density at radius 1 is 1.12 bits per heavy atom. The van der Waals surface area contributed by atoms with Crippen LogP contribution in [-0.4, -0.2) is 10.5 Å². The van der Waals surface area contributed by atoms with E-state index in [1.807, 2.05) is 0 Å². The smallest absolute Gasteiger partial charge is 0.338 e. The monoisotopic (exact) mass is 370 g/mol. The van der Waals surface area contributed by atoms with Gasteiger partial charge in [0, 0.05) is 17.1 Å². The fourth-order valence-corrected chi connectivity index (χ4v) is 2.62. The summed E-state index contributed by atoms with van der Waals surface area (Å²) in [5.41, 5.74) is -0.398. The maximum Gasteiger partial charge on any atom is 0.416 e. The van der Waals surface area contributed by atoms with Crippen molar-refractivity contribution < 1.29 is 22.4 Å². The minimum absolute atomic E-state index is 0.000727. The molecule has 0 saturated heterocycles. The SMILES string of the molecule is O=C(Cn1ccc2cc(F)ccc21)Nc1cc(C(F)(F)F)ccc1Cl. The second-order valence-corrected chi connectivity index (χ2v) is 5.79. The molecule has 0 atom stereocenters. The fraction of sp³-hybridized carbons (Fsp3) is 0.118. The van der Waals surface area contributed by atoms with Crippen LogP contribution in [0.25, 0.3) is 10.9 Å². The Morgan fingerprint density at radius 2 is 1.88 bits per heavy atom. The van der Waals surface area contributed by atoms with Crippen LogP contribution in [0.5, 0.6) is 0 Å². The first-order valence-electron chi connectivity index (χ1n) is 7.15. The molecule has 1 N–H and O–H groups in total. The van der Waals surface area contributed by atoms with Crippen molar-refractivity contribution in [2.45, 2.75) is 12.7 Å². The van der Waals surface area contributed by atoms with Crippen LogP contribution in [0, 0.1) is 5.82 Å². The van der Waals surface area contributed by atoms with E-state index in [9.17, 15) is 22.4 Å². The maximum absolute atomic E-state index is 13.2. The molecule has 3 nitrogen and oxygen atoms in total. The topological polar surface area (TPSA) is 34.0 Å². The van der Waals surface area contributed by atoms with E-state index in [0.717, 1.165) is 18.2 Å². The standard InChI is InChI=1S/C17H11ClF4N2O/c18-13-3-1-11(17(20,21)22)8-14(13)23-16(25)9-24-6-5-10-7-12(19)2-4-15(10)24/h1-8H,9H2,(H,23,25). The molecule has 8 heteroatoms. The summed E-state index contributed by atoms with van der Waals surface area (Å²) in [6.45, 7) is -0.151. The molecule has 3 aromatic rings. The van der Waals surface area contributed by atoms with Crippen molar-refractivity contribution in [1.29, 1.82) is 0 Å². The van der Waals surface area contributed by atoms with Gasteiger partial charge in [-0.2, -0.15) is 13.2 Å². The third-order valence-electron chi connectivity index (χ3n) is 3.61. The summed E-state index contributed by atoms with van der Waals surface area (Å²) in [5, 5.41) is 2.99. The molecule has 0 aliphatic carbocycles. The van der Waals surface area contributed by atoms with Crippen molar-refractivity contribution in [2.24, 2.45) is 0 Å². The molecule has 1 amide bonds. The number of amides is 1. The Labute approximate surface area is 144 Å². The molecule has 1 aromatic heterocycles. The Bertz CT molecular complexity index is 949. The fourth-order valence-electron chi connectivity index (χ4n) is 2.45. The summed E-state index contributed by atoms with van der Waals surface area (Å²) in [4.78, 5) is 12.2. The first-order valence-corrected chi connectivity index (χ1v) is 7.53. The lowest BCUT2D eigenvalue weighted by Gasteiger charge is -2.12. The largest absolute Gasteiger partial charge is 0.416 e. The molecule has 0 aliphatic rings. The number of fused-ring (bicyclic) bond motifs is 1. The molecule has 0 fully saturated rings. The zero-order valence-corrected chi connectivity index (χ0v) is 13.3. The number of rotatable bonds is 3. The Balaban J connectivity index is 1.80. The van der Waals surface area contributed by atoms with E-state index >= 15 is 0 Å². The quantitative estimate of drug-likeness (QED) is 0.640. The summed E-state index contributed by atoms with van der Waals surface area (Å²) in [7, 11) is 0. The van der Waals surface area contributed by atoms with Crippen molar-refractivity contribution in [3.8, 4) is 0 Å². The van der Waals surface area contributed by atoms with Gasteiger partial charge in [0.1, 0.15) is 12.4 Å². The van der Waals surface area contributed by atoms with Crippen molar-refractivity contribution in [2.75, 3.05) is 5.32 Å². The molecule has 3 rings (SSSR count). The molecular formula is C17H11ClF4N2O. The molecular weight excluding hydrogens is 360 g/mol. The van der Waals surface area contributed by atoms with Crippen LogP contribution in [0.1, 0.15) is 5.56 Å². The van der Waals surface area contributed by atoms with Gasteiger partial charge in [0.15, 0.2) is 0 Å². The van der Waals surface area contributed by atoms with Crippen LogP contribution in [0.3, 0.4) is 0 Å². The number of halogens is 5. The lowest BCUT2D eigenvalue weighted by molar-refractivity contribution is -0.137. The normalized spacial score (nSPS) is 11.7. The van der Waals surface area contributed by atoms with Crippen molar-refractivity contribution in [1.82, 2.24) is 4.57 Å². The van der Waals surface area contributed by atoms with Gasteiger partial charge in [-0.3, -0.25) is 4.79 Å². The molecule has 0 spiro atoms. The molecule has 1 heterocycles.